The van der Waals surface area contributed by atoms with Crippen molar-refractivity contribution in [3.05, 3.63) is 40.8 Å². The molecule has 3 heterocycles. The van der Waals surface area contributed by atoms with Crippen LogP contribution in [0.2, 0.25) is 0 Å². The number of carbonyl (C=O) groups excluding carboxylic acids is 1. The zero-order chi connectivity index (χ0) is 21.4. The Balaban J connectivity index is 1.35. The summed E-state index contributed by atoms with van der Waals surface area (Å²) in [5, 5.41) is 2.98. The molecule has 1 saturated heterocycles. The number of fused-ring (bicyclic) bond motifs is 1. The fourth-order valence-corrected chi connectivity index (χ4v) is 6.63. The Labute approximate surface area is 181 Å². The molecule has 4 rings (SSSR count). The van der Waals surface area contributed by atoms with E-state index in [1.165, 1.54) is 15.6 Å². The van der Waals surface area contributed by atoms with E-state index in [1.54, 1.807) is 12.1 Å². The minimum atomic E-state index is -3.43. The largest absolute Gasteiger partial charge is 0.454 e. The van der Waals surface area contributed by atoms with Crippen molar-refractivity contribution in [3.63, 3.8) is 0 Å². The fraction of sp³-hybridized carbons (Fsp3) is 0.476. The minimum absolute atomic E-state index is 0.129. The van der Waals surface area contributed by atoms with E-state index in [0.717, 1.165) is 34.8 Å². The van der Waals surface area contributed by atoms with Crippen LogP contribution in [-0.2, 0) is 26.7 Å². The van der Waals surface area contributed by atoms with Gasteiger partial charge in [0.15, 0.2) is 11.5 Å². The molecule has 0 saturated carbocycles. The van der Waals surface area contributed by atoms with Gasteiger partial charge in [0.25, 0.3) is 10.0 Å². The predicted molar refractivity (Wildman–Crippen MR) is 115 cm³/mol. The second-order valence-corrected chi connectivity index (χ2v) is 11.6. The van der Waals surface area contributed by atoms with Gasteiger partial charge in [0.2, 0.25) is 12.7 Å². The summed E-state index contributed by atoms with van der Waals surface area (Å²) in [6.07, 6.45) is 1.97. The molecular weight excluding hydrogens is 424 g/mol. The molecule has 2 aromatic rings. The number of hydrogen-bond acceptors (Lipinski definition) is 6. The Morgan fingerprint density at radius 2 is 1.87 bits per heavy atom. The topological polar surface area (TPSA) is 84.9 Å². The lowest BCUT2D eigenvalue weighted by atomic mass is 9.84. The number of nitrogens with zero attached hydrogens (tertiary/aromatic N) is 1. The Morgan fingerprint density at radius 3 is 2.63 bits per heavy atom. The molecule has 162 valence electrons. The second-order valence-electron chi connectivity index (χ2n) is 8.24. The van der Waals surface area contributed by atoms with Crippen molar-refractivity contribution < 1.29 is 22.7 Å². The number of thiophene rings is 1. The van der Waals surface area contributed by atoms with Crippen LogP contribution in [0.3, 0.4) is 0 Å². The Bertz CT molecular complexity index is 1040. The van der Waals surface area contributed by atoms with Crippen molar-refractivity contribution >= 4 is 27.3 Å². The Kier molecular flexibility index (Phi) is 5.78. The van der Waals surface area contributed by atoms with Crippen LogP contribution in [0.5, 0.6) is 11.5 Å². The standard InChI is InChI=1S/C21H26N2O5S2/c1-21(2,15-5-7-17-18(11-15)28-14-27-17)13-22-19(24)12-16-6-8-20(29-16)30(25,26)23-9-3-4-10-23/h5-8,11H,3-4,9-10,12-14H2,1-2H3,(H,22,24). The lowest BCUT2D eigenvalue weighted by molar-refractivity contribution is -0.120. The molecule has 1 fully saturated rings. The first-order chi connectivity index (χ1) is 14.3. The number of benzene rings is 1. The van der Waals surface area contributed by atoms with E-state index in [-0.39, 0.29) is 24.5 Å². The first-order valence-corrected chi connectivity index (χ1v) is 12.3. The summed E-state index contributed by atoms with van der Waals surface area (Å²) in [6.45, 7) is 5.94. The molecule has 0 radical (unpaired) electrons. The highest BCUT2D eigenvalue weighted by molar-refractivity contribution is 7.91. The van der Waals surface area contributed by atoms with Crippen molar-refractivity contribution in [2.24, 2.45) is 0 Å². The van der Waals surface area contributed by atoms with Crippen LogP contribution < -0.4 is 14.8 Å². The summed E-state index contributed by atoms with van der Waals surface area (Å²) < 4.78 is 37.9. The minimum Gasteiger partial charge on any atom is -0.454 e. The molecule has 2 aliphatic rings. The van der Waals surface area contributed by atoms with Crippen LogP contribution in [0.4, 0.5) is 0 Å². The van der Waals surface area contributed by atoms with Crippen LogP contribution in [0.15, 0.2) is 34.5 Å². The lowest BCUT2D eigenvalue weighted by Crippen LogP contribution is -2.37. The molecule has 1 aromatic heterocycles. The van der Waals surface area contributed by atoms with Crippen molar-refractivity contribution in [3.8, 4) is 11.5 Å². The number of hydrogen-bond donors (Lipinski definition) is 1. The van der Waals surface area contributed by atoms with E-state index in [4.69, 9.17) is 9.47 Å². The van der Waals surface area contributed by atoms with Crippen LogP contribution in [0.1, 0.15) is 37.1 Å². The normalized spacial score (nSPS) is 16.7. The van der Waals surface area contributed by atoms with Crippen molar-refractivity contribution in [1.82, 2.24) is 9.62 Å². The lowest BCUT2D eigenvalue weighted by Gasteiger charge is -2.26. The van der Waals surface area contributed by atoms with E-state index in [2.05, 4.69) is 19.2 Å². The Morgan fingerprint density at radius 1 is 1.13 bits per heavy atom. The number of carbonyl (C=O) groups is 1. The fourth-order valence-electron chi connectivity index (χ4n) is 3.61. The van der Waals surface area contributed by atoms with E-state index in [1.807, 2.05) is 18.2 Å². The zero-order valence-electron chi connectivity index (χ0n) is 17.1. The van der Waals surface area contributed by atoms with Gasteiger partial charge in [-0.1, -0.05) is 19.9 Å². The molecule has 0 spiro atoms. The summed E-state index contributed by atoms with van der Waals surface area (Å²) in [4.78, 5) is 13.2. The molecule has 1 aromatic carbocycles. The van der Waals surface area contributed by atoms with Gasteiger partial charge >= 0.3 is 0 Å². The molecule has 2 aliphatic heterocycles. The van der Waals surface area contributed by atoms with Gasteiger partial charge in [0.1, 0.15) is 4.21 Å². The van der Waals surface area contributed by atoms with Gasteiger partial charge in [0.05, 0.1) is 6.42 Å². The van der Waals surface area contributed by atoms with Gasteiger partial charge in [-0.05, 0) is 42.7 Å². The number of nitrogens with one attached hydrogen (secondary N) is 1. The number of sulfonamides is 1. The summed E-state index contributed by atoms with van der Waals surface area (Å²) in [7, 11) is -3.43. The smallest absolute Gasteiger partial charge is 0.252 e. The maximum atomic E-state index is 12.6. The van der Waals surface area contributed by atoms with Gasteiger partial charge in [0, 0.05) is 29.9 Å². The van der Waals surface area contributed by atoms with Crippen LogP contribution >= 0.6 is 11.3 Å². The molecule has 1 amide bonds. The predicted octanol–water partition coefficient (Wildman–Crippen LogP) is 2.90. The van der Waals surface area contributed by atoms with Gasteiger partial charge in [-0.2, -0.15) is 4.31 Å². The van der Waals surface area contributed by atoms with E-state index >= 15 is 0 Å². The molecule has 0 atom stereocenters. The van der Waals surface area contributed by atoms with Gasteiger partial charge < -0.3 is 14.8 Å². The van der Waals surface area contributed by atoms with Crippen molar-refractivity contribution in [2.45, 2.75) is 42.7 Å². The molecule has 9 heteroatoms. The zero-order valence-corrected chi connectivity index (χ0v) is 18.8. The molecule has 0 aliphatic carbocycles. The van der Waals surface area contributed by atoms with Crippen LogP contribution in [0.25, 0.3) is 0 Å². The van der Waals surface area contributed by atoms with E-state index in [0.29, 0.717) is 23.8 Å². The van der Waals surface area contributed by atoms with E-state index in [9.17, 15) is 13.2 Å². The van der Waals surface area contributed by atoms with Gasteiger partial charge in [-0.25, -0.2) is 8.42 Å². The first kappa shape index (κ1) is 21.1. The maximum Gasteiger partial charge on any atom is 0.252 e. The maximum absolute atomic E-state index is 12.6. The Hall–Kier alpha value is -2.10. The first-order valence-electron chi connectivity index (χ1n) is 10.0. The highest BCUT2D eigenvalue weighted by Crippen LogP contribution is 2.36. The van der Waals surface area contributed by atoms with Crippen LogP contribution in [0, 0.1) is 0 Å². The monoisotopic (exact) mass is 450 g/mol. The summed E-state index contributed by atoms with van der Waals surface area (Å²) in [5.41, 5.74) is 0.748. The summed E-state index contributed by atoms with van der Waals surface area (Å²) >= 11 is 1.18. The quantitative estimate of drug-likeness (QED) is 0.701. The second kappa shape index (κ2) is 8.20. The third-order valence-electron chi connectivity index (χ3n) is 5.51. The average Bonchev–Trinajstić information content (AvgIpc) is 3.47. The van der Waals surface area contributed by atoms with Crippen molar-refractivity contribution in [2.75, 3.05) is 26.4 Å². The number of rotatable bonds is 7. The molecule has 0 bridgehead atoms. The third-order valence-corrected chi connectivity index (χ3v) is 8.96. The van der Waals surface area contributed by atoms with E-state index < -0.39 is 10.0 Å². The highest BCUT2D eigenvalue weighted by Gasteiger charge is 2.29. The van der Waals surface area contributed by atoms with Crippen LogP contribution in [-0.4, -0.2) is 45.1 Å². The summed E-state index contributed by atoms with van der Waals surface area (Å²) in [6, 6.07) is 9.15. The number of ether oxygens (including phenoxy) is 2. The molecule has 30 heavy (non-hydrogen) atoms. The molecule has 0 unspecified atom stereocenters. The highest BCUT2D eigenvalue weighted by atomic mass is 32.2. The van der Waals surface area contributed by atoms with Gasteiger partial charge in [-0.3, -0.25) is 4.79 Å². The third kappa shape index (κ3) is 4.33. The van der Waals surface area contributed by atoms with Crippen molar-refractivity contribution in [1.29, 1.82) is 0 Å². The molecule has 1 N–H and O–H groups in total. The summed E-state index contributed by atoms with van der Waals surface area (Å²) in [5.74, 6) is 1.32. The molecular formula is C21H26N2O5S2. The molecule has 7 nitrogen and oxygen atoms in total. The number of amides is 1. The average molecular weight is 451 g/mol. The van der Waals surface area contributed by atoms with Gasteiger partial charge in [-0.15, -0.1) is 11.3 Å². The SMILES string of the molecule is CC(C)(CNC(=O)Cc1ccc(S(=O)(=O)N2CCCC2)s1)c1ccc2c(c1)OCO2.